The molecule has 0 bridgehead atoms. The zero-order valence-corrected chi connectivity index (χ0v) is 16.4. The summed E-state index contributed by atoms with van der Waals surface area (Å²) < 4.78 is 1.14. The van der Waals surface area contributed by atoms with Gasteiger partial charge in [0.15, 0.2) is 0 Å². The van der Waals surface area contributed by atoms with Crippen LogP contribution < -0.4 is 5.32 Å². The Morgan fingerprint density at radius 2 is 1.75 bits per heavy atom. The van der Waals surface area contributed by atoms with Crippen LogP contribution in [0.15, 0.2) is 46.9 Å². The SMILES string of the molecule is Cc1ccc(Br)cc1C1(NC(C)c2ccc(C(C)(C)O)cc2)CC1. The Balaban J connectivity index is 1.79. The number of aliphatic hydroxyl groups is 1. The molecule has 2 nitrogen and oxygen atoms in total. The van der Waals surface area contributed by atoms with Crippen molar-refractivity contribution in [1.29, 1.82) is 0 Å². The molecule has 0 saturated heterocycles. The lowest BCUT2D eigenvalue weighted by atomic mass is 9.94. The molecule has 1 atom stereocenters. The van der Waals surface area contributed by atoms with Crippen molar-refractivity contribution in [3.05, 3.63) is 69.2 Å². The van der Waals surface area contributed by atoms with Crippen molar-refractivity contribution < 1.29 is 5.11 Å². The highest BCUT2D eigenvalue weighted by Gasteiger charge is 2.45. The Hall–Kier alpha value is -1.16. The van der Waals surface area contributed by atoms with Crippen LogP contribution in [0.1, 0.15) is 61.9 Å². The maximum Gasteiger partial charge on any atom is 0.0840 e. The van der Waals surface area contributed by atoms with Gasteiger partial charge in [-0.2, -0.15) is 0 Å². The molecule has 2 N–H and O–H groups in total. The van der Waals surface area contributed by atoms with Crippen molar-refractivity contribution >= 4 is 15.9 Å². The molecule has 128 valence electrons. The van der Waals surface area contributed by atoms with E-state index in [2.05, 4.69) is 65.4 Å². The van der Waals surface area contributed by atoms with Gasteiger partial charge in [-0.05, 0) is 74.9 Å². The zero-order valence-electron chi connectivity index (χ0n) is 14.9. The van der Waals surface area contributed by atoms with Crippen molar-refractivity contribution in [3.63, 3.8) is 0 Å². The molecule has 3 rings (SSSR count). The average Bonchev–Trinajstić information content (AvgIpc) is 3.29. The Kier molecular flexibility index (Phi) is 4.63. The molecule has 1 aliphatic carbocycles. The van der Waals surface area contributed by atoms with Gasteiger partial charge in [0.1, 0.15) is 0 Å². The highest BCUT2D eigenvalue weighted by Crippen LogP contribution is 2.48. The monoisotopic (exact) mass is 387 g/mol. The Morgan fingerprint density at radius 1 is 1.12 bits per heavy atom. The van der Waals surface area contributed by atoms with Gasteiger partial charge in [0.2, 0.25) is 0 Å². The van der Waals surface area contributed by atoms with Gasteiger partial charge in [-0.1, -0.05) is 46.3 Å². The standard InChI is InChI=1S/C21H26BrNO/c1-14-5-10-18(22)13-19(14)21(11-12-21)23-15(2)16-6-8-17(9-7-16)20(3,4)24/h5-10,13,15,23-24H,11-12H2,1-4H3. The van der Waals surface area contributed by atoms with E-state index < -0.39 is 5.60 Å². The van der Waals surface area contributed by atoms with Crippen LogP contribution in [0.5, 0.6) is 0 Å². The minimum atomic E-state index is -0.791. The van der Waals surface area contributed by atoms with Crippen LogP contribution in [0.25, 0.3) is 0 Å². The second-order valence-electron chi connectivity index (χ2n) is 7.59. The van der Waals surface area contributed by atoms with Crippen molar-refractivity contribution in [1.82, 2.24) is 5.32 Å². The summed E-state index contributed by atoms with van der Waals surface area (Å²) in [7, 11) is 0. The molecule has 1 aliphatic rings. The molecular formula is C21H26BrNO. The zero-order chi connectivity index (χ0) is 17.5. The minimum Gasteiger partial charge on any atom is -0.386 e. The van der Waals surface area contributed by atoms with E-state index in [1.165, 1.54) is 29.5 Å². The lowest BCUT2D eigenvalue weighted by molar-refractivity contribution is 0.0786. The maximum absolute atomic E-state index is 10.1. The molecule has 0 heterocycles. The van der Waals surface area contributed by atoms with Gasteiger partial charge in [-0.15, -0.1) is 0 Å². The summed E-state index contributed by atoms with van der Waals surface area (Å²) in [5.41, 5.74) is 4.25. The molecule has 0 spiro atoms. The molecule has 0 amide bonds. The van der Waals surface area contributed by atoms with Crippen molar-refractivity contribution in [2.24, 2.45) is 0 Å². The summed E-state index contributed by atoms with van der Waals surface area (Å²) >= 11 is 3.60. The number of rotatable bonds is 5. The van der Waals surface area contributed by atoms with Crippen molar-refractivity contribution in [2.75, 3.05) is 0 Å². The number of aryl methyl sites for hydroxylation is 1. The third kappa shape index (κ3) is 3.58. The molecule has 0 aliphatic heterocycles. The van der Waals surface area contributed by atoms with Gasteiger partial charge in [-0.25, -0.2) is 0 Å². The largest absolute Gasteiger partial charge is 0.386 e. The number of halogens is 1. The van der Waals surface area contributed by atoms with Gasteiger partial charge in [-0.3, -0.25) is 0 Å². The van der Waals surface area contributed by atoms with Crippen LogP contribution in [-0.4, -0.2) is 5.11 Å². The number of benzene rings is 2. The summed E-state index contributed by atoms with van der Waals surface area (Å²) in [4.78, 5) is 0. The molecule has 2 aromatic carbocycles. The summed E-state index contributed by atoms with van der Waals surface area (Å²) in [6.07, 6.45) is 2.35. The van der Waals surface area contributed by atoms with E-state index in [1.807, 2.05) is 26.0 Å². The lowest BCUT2D eigenvalue weighted by Crippen LogP contribution is -2.32. The number of nitrogens with one attached hydrogen (secondary N) is 1. The van der Waals surface area contributed by atoms with E-state index in [0.717, 1.165) is 10.0 Å². The lowest BCUT2D eigenvalue weighted by Gasteiger charge is -2.26. The highest BCUT2D eigenvalue weighted by molar-refractivity contribution is 9.10. The molecule has 3 heteroatoms. The third-order valence-corrected chi connectivity index (χ3v) is 5.57. The Morgan fingerprint density at radius 3 is 2.29 bits per heavy atom. The first kappa shape index (κ1) is 17.7. The fraction of sp³-hybridized carbons (Fsp3) is 0.429. The highest BCUT2D eigenvalue weighted by atomic mass is 79.9. The van der Waals surface area contributed by atoms with E-state index in [4.69, 9.17) is 0 Å². The Bertz CT molecular complexity index is 726. The van der Waals surface area contributed by atoms with Gasteiger partial charge >= 0.3 is 0 Å². The molecule has 2 aromatic rings. The second kappa shape index (κ2) is 6.29. The van der Waals surface area contributed by atoms with Gasteiger partial charge in [0, 0.05) is 16.1 Å². The van der Waals surface area contributed by atoms with Crippen LogP contribution in [0.3, 0.4) is 0 Å². The fourth-order valence-electron chi connectivity index (χ4n) is 3.40. The van der Waals surface area contributed by atoms with Gasteiger partial charge in [0.25, 0.3) is 0 Å². The number of hydrogen-bond donors (Lipinski definition) is 2. The predicted octanol–water partition coefficient (Wildman–Crippen LogP) is 5.32. The smallest absolute Gasteiger partial charge is 0.0840 e. The minimum absolute atomic E-state index is 0.0994. The second-order valence-corrected chi connectivity index (χ2v) is 8.50. The van der Waals surface area contributed by atoms with Crippen LogP contribution >= 0.6 is 15.9 Å². The Labute approximate surface area is 153 Å². The quantitative estimate of drug-likeness (QED) is 0.726. The van der Waals surface area contributed by atoms with E-state index in [9.17, 15) is 5.11 Å². The maximum atomic E-state index is 10.1. The van der Waals surface area contributed by atoms with Crippen LogP contribution in [0, 0.1) is 6.92 Å². The topological polar surface area (TPSA) is 32.3 Å². The molecular weight excluding hydrogens is 362 g/mol. The van der Waals surface area contributed by atoms with E-state index >= 15 is 0 Å². The van der Waals surface area contributed by atoms with E-state index in [1.54, 1.807) is 0 Å². The molecule has 1 unspecified atom stereocenters. The summed E-state index contributed by atoms with van der Waals surface area (Å²) in [5.74, 6) is 0. The van der Waals surface area contributed by atoms with Crippen molar-refractivity contribution in [2.45, 2.75) is 57.7 Å². The third-order valence-electron chi connectivity index (χ3n) is 5.08. The van der Waals surface area contributed by atoms with Gasteiger partial charge in [0.05, 0.1) is 5.60 Å². The molecule has 1 saturated carbocycles. The average molecular weight is 388 g/mol. The van der Waals surface area contributed by atoms with Crippen molar-refractivity contribution in [3.8, 4) is 0 Å². The number of hydrogen-bond acceptors (Lipinski definition) is 2. The first-order valence-electron chi connectivity index (χ1n) is 8.58. The van der Waals surface area contributed by atoms with Gasteiger partial charge < -0.3 is 10.4 Å². The van der Waals surface area contributed by atoms with Crippen LogP contribution in [0.4, 0.5) is 0 Å². The van der Waals surface area contributed by atoms with E-state index in [-0.39, 0.29) is 11.6 Å². The van der Waals surface area contributed by atoms with Crippen LogP contribution in [-0.2, 0) is 11.1 Å². The first-order valence-corrected chi connectivity index (χ1v) is 9.38. The predicted molar refractivity (Wildman–Crippen MR) is 103 cm³/mol. The molecule has 0 radical (unpaired) electrons. The van der Waals surface area contributed by atoms with E-state index in [0.29, 0.717) is 0 Å². The molecule has 24 heavy (non-hydrogen) atoms. The van der Waals surface area contributed by atoms with Crippen LogP contribution in [0.2, 0.25) is 0 Å². The molecule has 1 fully saturated rings. The fourth-order valence-corrected chi connectivity index (χ4v) is 3.76. The summed E-state index contributed by atoms with van der Waals surface area (Å²) in [5, 5.41) is 13.9. The summed E-state index contributed by atoms with van der Waals surface area (Å²) in [6, 6.07) is 15.1. The normalized spacial score (nSPS) is 17.6. The first-order chi connectivity index (χ1) is 11.2. The summed E-state index contributed by atoms with van der Waals surface area (Å²) in [6.45, 7) is 8.04. The molecule has 0 aromatic heterocycles.